The first-order valence-corrected chi connectivity index (χ1v) is 7.39. The minimum absolute atomic E-state index is 0.112. The Morgan fingerprint density at radius 3 is 2.26 bits per heavy atom. The molecule has 4 nitrogen and oxygen atoms in total. The quantitative estimate of drug-likeness (QED) is 0.861. The Morgan fingerprint density at radius 1 is 0.870 bits per heavy atom. The summed E-state index contributed by atoms with van der Waals surface area (Å²) < 4.78 is 10.9. The highest BCUT2D eigenvalue weighted by Gasteiger charge is 2.33. The number of carbonyl (C=O) groups is 2. The van der Waals surface area contributed by atoms with E-state index in [-0.39, 0.29) is 17.3 Å². The first-order valence-electron chi connectivity index (χ1n) is 7.39. The van der Waals surface area contributed by atoms with Crippen molar-refractivity contribution in [1.82, 2.24) is 0 Å². The molecule has 1 aliphatic rings. The van der Waals surface area contributed by atoms with Crippen LogP contribution in [0.4, 0.5) is 0 Å². The summed E-state index contributed by atoms with van der Waals surface area (Å²) in [5.41, 5.74) is 1.10. The summed E-state index contributed by atoms with van der Waals surface area (Å²) in [5, 5.41) is 0. The van der Waals surface area contributed by atoms with Crippen LogP contribution in [0, 0.1) is 0 Å². The third-order valence-corrected chi connectivity index (χ3v) is 3.79. The van der Waals surface area contributed by atoms with E-state index in [9.17, 15) is 9.59 Å². The molecule has 2 aromatic carbocycles. The van der Waals surface area contributed by atoms with Gasteiger partial charge in [-0.3, -0.25) is 9.59 Å². The molecule has 0 fully saturated rings. The molecule has 0 aromatic heterocycles. The van der Waals surface area contributed by atoms with Crippen LogP contribution in [0.3, 0.4) is 0 Å². The number of rotatable bonds is 4. The van der Waals surface area contributed by atoms with Gasteiger partial charge >= 0.3 is 0 Å². The largest absolute Gasteiger partial charge is 0.497 e. The molecule has 0 saturated heterocycles. The SMILES string of the molecule is CCC1=C(Oc2ccccc2)C(=O)c2ccc(OC)cc2C1=O. The molecule has 23 heavy (non-hydrogen) atoms. The van der Waals surface area contributed by atoms with Gasteiger partial charge in [0.1, 0.15) is 11.5 Å². The molecule has 0 atom stereocenters. The van der Waals surface area contributed by atoms with E-state index < -0.39 is 0 Å². The molecule has 0 amide bonds. The maximum atomic E-state index is 12.8. The van der Waals surface area contributed by atoms with Gasteiger partial charge in [0.15, 0.2) is 11.5 Å². The van der Waals surface area contributed by atoms with Gasteiger partial charge in [-0.15, -0.1) is 0 Å². The topological polar surface area (TPSA) is 52.6 Å². The van der Waals surface area contributed by atoms with E-state index in [1.165, 1.54) is 7.11 Å². The summed E-state index contributed by atoms with van der Waals surface area (Å²) in [4.78, 5) is 25.5. The highest BCUT2D eigenvalue weighted by molar-refractivity contribution is 6.26. The number of hydrogen-bond acceptors (Lipinski definition) is 4. The molecular formula is C19H16O4. The number of fused-ring (bicyclic) bond motifs is 1. The van der Waals surface area contributed by atoms with E-state index in [4.69, 9.17) is 9.47 Å². The molecule has 0 N–H and O–H groups in total. The van der Waals surface area contributed by atoms with Crippen molar-refractivity contribution in [3.05, 3.63) is 71.0 Å². The number of allylic oxidation sites excluding steroid dienone is 2. The Morgan fingerprint density at radius 2 is 1.61 bits per heavy atom. The lowest BCUT2D eigenvalue weighted by Gasteiger charge is -2.21. The smallest absolute Gasteiger partial charge is 0.229 e. The van der Waals surface area contributed by atoms with Crippen molar-refractivity contribution in [3.63, 3.8) is 0 Å². The zero-order valence-corrected chi connectivity index (χ0v) is 13.0. The third-order valence-electron chi connectivity index (χ3n) is 3.79. The zero-order valence-electron chi connectivity index (χ0n) is 13.0. The molecule has 116 valence electrons. The van der Waals surface area contributed by atoms with Gasteiger partial charge in [-0.05, 0) is 36.8 Å². The molecule has 1 aliphatic carbocycles. The fraction of sp³-hybridized carbons (Fsp3) is 0.158. The molecule has 0 spiro atoms. The minimum Gasteiger partial charge on any atom is -0.497 e. The molecule has 3 rings (SSSR count). The van der Waals surface area contributed by atoms with Crippen LogP contribution in [0.1, 0.15) is 34.1 Å². The number of Topliss-reactive ketones (excluding diaryl/α,β-unsaturated/α-hetero) is 2. The minimum atomic E-state index is -0.275. The Kier molecular flexibility index (Phi) is 3.98. The molecule has 0 bridgehead atoms. The number of benzene rings is 2. The molecule has 0 unspecified atom stereocenters. The summed E-state index contributed by atoms with van der Waals surface area (Å²) in [5.74, 6) is 0.732. The predicted octanol–water partition coefficient (Wildman–Crippen LogP) is 3.82. The number of para-hydroxylation sites is 1. The first-order chi connectivity index (χ1) is 11.2. The van der Waals surface area contributed by atoms with Gasteiger partial charge < -0.3 is 9.47 Å². The van der Waals surface area contributed by atoms with E-state index in [2.05, 4.69) is 0 Å². The van der Waals surface area contributed by atoms with Gasteiger partial charge in [0.2, 0.25) is 5.78 Å². The summed E-state index contributed by atoms with van der Waals surface area (Å²) >= 11 is 0. The van der Waals surface area contributed by atoms with Gasteiger partial charge in [0.25, 0.3) is 0 Å². The molecule has 0 heterocycles. The Bertz CT molecular complexity index is 803. The van der Waals surface area contributed by atoms with Crippen LogP contribution >= 0.6 is 0 Å². The third kappa shape index (κ3) is 2.63. The van der Waals surface area contributed by atoms with Crippen LogP contribution in [-0.2, 0) is 0 Å². The van der Waals surface area contributed by atoms with E-state index in [1.54, 1.807) is 30.3 Å². The second kappa shape index (κ2) is 6.08. The lowest BCUT2D eigenvalue weighted by Crippen LogP contribution is -2.25. The zero-order chi connectivity index (χ0) is 16.4. The Balaban J connectivity index is 2.08. The van der Waals surface area contributed by atoms with Gasteiger partial charge in [-0.1, -0.05) is 25.1 Å². The van der Waals surface area contributed by atoms with Crippen LogP contribution < -0.4 is 9.47 Å². The van der Waals surface area contributed by atoms with Crippen molar-refractivity contribution in [2.45, 2.75) is 13.3 Å². The van der Waals surface area contributed by atoms with Crippen molar-refractivity contribution in [3.8, 4) is 11.5 Å². The highest BCUT2D eigenvalue weighted by atomic mass is 16.5. The molecule has 0 saturated carbocycles. The standard InChI is InChI=1S/C19H16O4/c1-3-14-17(20)16-11-13(22-2)9-10-15(16)18(21)19(14)23-12-7-5-4-6-8-12/h4-11H,3H2,1-2H3. The highest BCUT2D eigenvalue weighted by Crippen LogP contribution is 2.31. The van der Waals surface area contributed by atoms with Crippen molar-refractivity contribution >= 4 is 11.6 Å². The van der Waals surface area contributed by atoms with Crippen LogP contribution in [0.15, 0.2) is 59.9 Å². The van der Waals surface area contributed by atoms with E-state index >= 15 is 0 Å². The maximum absolute atomic E-state index is 12.8. The van der Waals surface area contributed by atoms with E-state index in [1.807, 2.05) is 25.1 Å². The van der Waals surface area contributed by atoms with Crippen LogP contribution in [-0.4, -0.2) is 18.7 Å². The van der Waals surface area contributed by atoms with E-state index in [0.717, 1.165) is 0 Å². The summed E-state index contributed by atoms with van der Waals surface area (Å²) in [7, 11) is 1.53. The van der Waals surface area contributed by atoms with Crippen molar-refractivity contribution in [2.24, 2.45) is 0 Å². The summed E-state index contributed by atoms with van der Waals surface area (Å²) in [6, 6.07) is 13.9. The average molecular weight is 308 g/mol. The summed E-state index contributed by atoms with van der Waals surface area (Å²) in [6.45, 7) is 1.83. The average Bonchev–Trinajstić information content (AvgIpc) is 2.60. The Labute approximate surface area is 134 Å². The lowest BCUT2D eigenvalue weighted by atomic mass is 9.87. The molecule has 0 radical (unpaired) electrons. The lowest BCUT2D eigenvalue weighted by molar-refractivity contribution is 0.0934. The van der Waals surface area contributed by atoms with Gasteiger partial charge in [-0.2, -0.15) is 0 Å². The molecule has 2 aromatic rings. The van der Waals surface area contributed by atoms with Crippen molar-refractivity contribution in [2.75, 3.05) is 7.11 Å². The number of ketones is 2. The van der Waals surface area contributed by atoms with Crippen molar-refractivity contribution < 1.29 is 19.1 Å². The predicted molar refractivity (Wildman–Crippen MR) is 86.0 cm³/mol. The number of hydrogen-bond donors (Lipinski definition) is 0. The first kappa shape index (κ1) is 15.0. The van der Waals surface area contributed by atoms with Gasteiger partial charge in [0, 0.05) is 16.7 Å². The van der Waals surface area contributed by atoms with Crippen LogP contribution in [0.2, 0.25) is 0 Å². The van der Waals surface area contributed by atoms with E-state index in [0.29, 0.717) is 34.6 Å². The second-order valence-corrected chi connectivity index (χ2v) is 5.15. The number of carbonyl (C=O) groups excluding carboxylic acids is 2. The van der Waals surface area contributed by atoms with Crippen LogP contribution in [0.5, 0.6) is 11.5 Å². The Hall–Kier alpha value is -2.88. The molecule has 0 aliphatic heterocycles. The van der Waals surface area contributed by atoms with Gasteiger partial charge in [-0.25, -0.2) is 0 Å². The van der Waals surface area contributed by atoms with Crippen molar-refractivity contribution in [1.29, 1.82) is 0 Å². The monoisotopic (exact) mass is 308 g/mol. The maximum Gasteiger partial charge on any atom is 0.229 e. The fourth-order valence-corrected chi connectivity index (χ4v) is 2.60. The molecular weight excluding hydrogens is 292 g/mol. The van der Waals surface area contributed by atoms with Gasteiger partial charge in [0.05, 0.1) is 7.11 Å². The normalized spacial score (nSPS) is 13.8. The second-order valence-electron chi connectivity index (χ2n) is 5.15. The summed E-state index contributed by atoms with van der Waals surface area (Å²) in [6.07, 6.45) is 0.420. The fourth-order valence-electron chi connectivity index (χ4n) is 2.60. The number of methoxy groups -OCH3 is 1. The number of ether oxygens (including phenoxy) is 2. The van der Waals surface area contributed by atoms with Crippen LogP contribution in [0.25, 0.3) is 0 Å². The molecule has 4 heteroatoms.